The van der Waals surface area contributed by atoms with Crippen LogP contribution in [0.5, 0.6) is 0 Å². The minimum Gasteiger partial charge on any atom is -0.383 e. The first kappa shape index (κ1) is 18.1. The summed E-state index contributed by atoms with van der Waals surface area (Å²) in [7, 11) is 0. The first-order chi connectivity index (χ1) is 12.5. The maximum absolute atomic E-state index is 13.4. The zero-order valence-corrected chi connectivity index (χ0v) is 15.1. The zero-order valence-electron chi connectivity index (χ0n) is 15.1. The van der Waals surface area contributed by atoms with Crippen molar-refractivity contribution in [1.82, 2.24) is 0 Å². The highest BCUT2D eigenvalue weighted by Gasteiger charge is 2.35. The van der Waals surface area contributed by atoms with Gasteiger partial charge in [0, 0.05) is 48.7 Å². The van der Waals surface area contributed by atoms with Gasteiger partial charge in [0.2, 0.25) is 0 Å². The highest BCUT2D eigenvalue weighted by atomic mass is 16.1. The summed E-state index contributed by atoms with van der Waals surface area (Å²) < 4.78 is 0. The van der Waals surface area contributed by atoms with Crippen molar-refractivity contribution in [2.24, 2.45) is 11.5 Å². The average molecular weight is 352 g/mol. The number of carbonyl (C=O) groups is 2. The van der Waals surface area contributed by atoms with Crippen LogP contribution in [-0.4, -0.2) is 37.7 Å². The third-order valence-corrected chi connectivity index (χ3v) is 4.66. The zero-order chi connectivity index (χ0) is 18.8. The van der Waals surface area contributed by atoms with Crippen molar-refractivity contribution in [2.45, 2.75) is 13.8 Å². The minimum atomic E-state index is -0.133. The third kappa shape index (κ3) is 2.87. The van der Waals surface area contributed by atoms with Crippen LogP contribution in [0.25, 0.3) is 0 Å². The molecule has 1 aliphatic rings. The van der Waals surface area contributed by atoms with Crippen LogP contribution in [0.4, 0.5) is 11.4 Å². The number of benzene rings is 2. The largest absolute Gasteiger partial charge is 0.383 e. The van der Waals surface area contributed by atoms with Gasteiger partial charge in [-0.1, -0.05) is 12.1 Å². The molecule has 3 rings (SSSR count). The number of hydrogen-bond donors (Lipinski definition) is 4. The molecule has 6 nitrogen and oxygen atoms in total. The Labute approximate surface area is 153 Å². The quantitative estimate of drug-likeness (QED) is 0.539. The molecule has 0 unspecified atom stereocenters. The monoisotopic (exact) mass is 352 g/mol. The van der Waals surface area contributed by atoms with E-state index in [0.29, 0.717) is 59.8 Å². The first-order valence-electron chi connectivity index (χ1n) is 8.75. The first-order valence-corrected chi connectivity index (χ1v) is 8.75. The fraction of sp³-hybridized carbons (Fsp3) is 0.300. The Kier molecular flexibility index (Phi) is 5.06. The van der Waals surface area contributed by atoms with Gasteiger partial charge in [0.1, 0.15) is 0 Å². The number of nitrogens with one attached hydrogen (secondary N) is 2. The summed E-state index contributed by atoms with van der Waals surface area (Å²) in [5.74, 6) is -0.265. The summed E-state index contributed by atoms with van der Waals surface area (Å²) in [5, 5.41) is 6.34. The summed E-state index contributed by atoms with van der Waals surface area (Å²) >= 11 is 0. The maximum Gasteiger partial charge on any atom is 0.196 e. The molecule has 0 heterocycles. The van der Waals surface area contributed by atoms with Crippen molar-refractivity contribution in [1.29, 1.82) is 0 Å². The molecular weight excluding hydrogens is 328 g/mol. The van der Waals surface area contributed by atoms with Crippen LogP contribution in [0, 0.1) is 13.8 Å². The minimum absolute atomic E-state index is 0.133. The summed E-state index contributed by atoms with van der Waals surface area (Å²) in [6.07, 6.45) is 0. The number of anilines is 2. The summed E-state index contributed by atoms with van der Waals surface area (Å²) in [4.78, 5) is 26.7. The number of carbonyl (C=O) groups excluding carboxylic acids is 2. The van der Waals surface area contributed by atoms with Crippen molar-refractivity contribution >= 4 is 22.9 Å². The van der Waals surface area contributed by atoms with Gasteiger partial charge >= 0.3 is 0 Å². The van der Waals surface area contributed by atoms with Gasteiger partial charge in [-0.15, -0.1) is 0 Å². The van der Waals surface area contributed by atoms with Gasteiger partial charge in [-0.3, -0.25) is 9.59 Å². The Balaban J connectivity index is 2.26. The van der Waals surface area contributed by atoms with E-state index in [-0.39, 0.29) is 11.6 Å². The van der Waals surface area contributed by atoms with E-state index in [2.05, 4.69) is 10.6 Å². The van der Waals surface area contributed by atoms with Crippen LogP contribution in [0.3, 0.4) is 0 Å². The van der Waals surface area contributed by atoms with Crippen LogP contribution in [0.15, 0.2) is 24.3 Å². The molecule has 0 atom stereocenters. The van der Waals surface area contributed by atoms with Gasteiger partial charge in [-0.25, -0.2) is 0 Å². The van der Waals surface area contributed by atoms with E-state index in [0.717, 1.165) is 11.1 Å². The molecule has 1 aliphatic carbocycles. The second-order valence-electron chi connectivity index (χ2n) is 6.45. The molecule has 0 aromatic heterocycles. The molecule has 0 spiro atoms. The van der Waals surface area contributed by atoms with Crippen molar-refractivity contribution in [3.63, 3.8) is 0 Å². The summed E-state index contributed by atoms with van der Waals surface area (Å²) in [6.45, 7) is 5.61. The molecule has 0 saturated heterocycles. The second kappa shape index (κ2) is 7.27. The van der Waals surface area contributed by atoms with Crippen LogP contribution < -0.4 is 22.1 Å². The number of aryl methyl sites for hydroxylation is 2. The third-order valence-electron chi connectivity index (χ3n) is 4.66. The van der Waals surface area contributed by atoms with Crippen molar-refractivity contribution in [2.75, 3.05) is 36.8 Å². The molecular formula is C20H24N4O2. The highest BCUT2D eigenvalue weighted by molar-refractivity contribution is 6.32. The van der Waals surface area contributed by atoms with Crippen molar-refractivity contribution in [3.8, 4) is 0 Å². The Bertz CT molecular complexity index is 818. The molecule has 0 fully saturated rings. The van der Waals surface area contributed by atoms with Crippen LogP contribution in [-0.2, 0) is 0 Å². The molecule has 2 aromatic carbocycles. The fourth-order valence-electron chi connectivity index (χ4n) is 3.43. The topological polar surface area (TPSA) is 110 Å². The number of rotatable bonds is 6. The predicted molar refractivity (Wildman–Crippen MR) is 104 cm³/mol. The molecule has 0 radical (unpaired) electrons. The lowest BCUT2D eigenvalue weighted by Gasteiger charge is -2.26. The molecule has 0 amide bonds. The second-order valence-corrected chi connectivity index (χ2v) is 6.45. The van der Waals surface area contributed by atoms with Gasteiger partial charge in [0.25, 0.3) is 0 Å². The van der Waals surface area contributed by atoms with Crippen molar-refractivity contribution in [3.05, 3.63) is 57.6 Å². The van der Waals surface area contributed by atoms with E-state index in [9.17, 15) is 9.59 Å². The molecule has 136 valence electrons. The Hall–Kier alpha value is -2.70. The normalized spacial score (nSPS) is 12.6. The van der Waals surface area contributed by atoms with Gasteiger partial charge < -0.3 is 22.1 Å². The summed E-state index contributed by atoms with van der Waals surface area (Å²) in [5.41, 5.74) is 15.9. The molecule has 6 N–H and O–H groups in total. The smallest absolute Gasteiger partial charge is 0.196 e. The van der Waals surface area contributed by atoms with E-state index in [1.54, 1.807) is 0 Å². The molecule has 0 saturated carbocycles. The van der Waals surface area contributed by atoms with Gasteiger partial charge in [0.05, 0.1) is 11.1 Å². The molecule has 0 aliphatic heterocycles. The SMILES string of the molecule is Cc1ccc(C)c2c1C(=O)c1c(NCCN)ccc(NCCN)c1C2=O. The standard InChI is InChI=1S/C20H24N4O2/c1-11-3-4-12(2)16-15(11)19(25)17-13(23-9-7-21)5-6-14(24-10-8-22)18(17)20(16)26/h3-6,23-24H,7-10,21-22H2,1-2H3. The average Bonchev–Trinajstić information content (AvgIpc) is 2.64. The number of fused-ring (bicyclic) bond motifs is 2. The van der Waals surface area contributed by atoms with E-state index < -0.39 is 0 Å². The van der Waals surface area contributed by atoms with Crippen LogP contribution >= 0.6 is 0 Å². The van der Waals surface area contributed by atoms with Crippen molar-refractivity contribution < 1.29 is 9.59 Å². The molecule has 0 bridgehead atoms. The van der Waals surface area contributed by atoms with E-state index in [1.807, 2.05) is 38.1 Å². The Morgan fingerprint density at radius 3 is 1.42 bits per heavy atom. The van der Waals surface area contributed by atoms with E-state index in [1.165, 1.54) is 0 Å². The maximum atomic E-state index is 13.4. The lowest BCUT2D eigenvalue weighted by Crippen LogP contribution is -2.27. The van der Waals surface area contributed by atoms with Crippen LogP contribution in [0.2, 0.25) is 0 Å². The number of nitrogens with two attached hydrogens (primary N) is 2. The van der Waals surface area contributed by atoms with Gasteiger partial charge in [0.15, 0.2) is 11.6 Å². The number of ketones is 2. The highest BCUT2D eigenvalue weighted by Crippen LogP contribution is 2.38. The lowest BCUT2D eigenvalue weighted by atomic mass is 9.78. The lowest BCUT2D eigenvalue weighted by molar-refractivity contribution is 0.0979. The Morgan fingerprint density at radius 1 is 0.692 bits per heavy atom. The summed E-state index contributed by atoms with van der Waals surface area (Å²) in [6, 6.07) is 7.39. The van der Waals surface area contributed by atoms with Gasteiger partial charge in [-0.05, 0) is 37.1 Å². The number of hydrogen-bond acceptors (Lipinski definition) is 6. The van der Waals surface area contributed by atoms with Gasteiger partial charge in [-0.2, -0.15) is 0 Å². The van der Waals surface area contributed by atoms with E-state index >= 15 is 0 Å². The molecule has 26 heavy (non-hydrogen) atoms. The van der Waals surface area contributed by atoms with E-state index in [4.69, 9.17) is 11.5 Å². The Morgan fingerprint density at radius 2 is 1.08 bits per heavy atom. The molecule has 2 aromatic rings. The molecule has 6 heteroatoms. The van der Waals surface area contributed by atoms with Crippen LogP contribution in [0.1, 0.15) is 43.0 Å². The predicted octanol–water partition coefficient (Wildman–Crippen LogP) is 1.82. The fourth-order valence-corrected chi connectivity index (χ4v) is 3.43.